The zero-order valence-electron chi connectivity index (χ0n) is 10.9. The van der Waals surface area contributed by atoms with Gasteiger partial charge in [-0.25, -0.2) is 9.18 Å². The Morgan fingerprint density at radius 3 is 2.76 bits per heavy atom. The van der Waals surface area contributed by atoms with Crippen LogP contribution in [-0.4, -0.2) is 23.0 Å². The standard InChI is InChI=1S/C13H11FN2O4S/c1-15(6-8-2-3-21-7-8)12-4-9(13(17)18)11(16(19)20)5-10(12)14/h2-5,7H,6H2,1H3,(H,17,18). The highest BCUT2D eigenvalue weighted by Gasteiger charge is 2.24. The van der Waals surface area contributed by atoms with E-state index in [-0.39, 0.29) is 5.69 Å². The van der Waals surface area contributed by atoms with Crippen LogP contribution in [0.3, 0.4) is 0 Å². The van der Waals surface area contributed by atoms with Crippen LogP contribution in [0.15, 0.2) is 29.0 Å². The quantitative estimate of drug-likeness (QED) is 0.677. The Morgan fingerprint density at radius 2 is 2.24 bits per heavy atom. The molecule has 1 aromatic heterocycles. The summed E-state index contributed by atoms with van der Waals surface area (Å²) in [5.41, 5.74) is -0.345. The van der Waals surface area contributed by atoms with Crippen molar-refractivity contribution >= 4 is 28.7 Å². The molecule has 0 aliphatic rings. The molecule has 1 N–H and O–H groups in total. The number of nitrogens with zero attached hydrogens (tertiary/aromatic N) is 2. The molecule has 0 unspecified atom stereocenters. The van der Waals surface area contributed by atoms with E-state index in [2.05, 4.69) is 0 Å². The van der Waals surface area contributed by atoms with Gasteiger partial charge < -0.3 is 10.0 Å². The van der Waals surface area contributed by atoms with Crippen LogP contribution < -0.4 is 4.90 Å². The number of anilines is 1. The molecule has 2 rings (SSSR count). The highest BCUT2D eigenvalue weighted by Crippen LogP contribution is 2.29. The molecule has 0 saturated carbocycles. The summed E-state index contributed by atoms with van der Waals surface area (Å²) in [6.07, 6.45) is 0. The minimum Gasteiger partial charge on any atom is -0.477 e. The summed E-state index contributed by atoms with van der Waals surface area (Å²) in [5.74, 6) is -2.30. The van der Waals surface area contributed by atoms with E-state index >= 15 is 0 Å². The predicted molar refractivity (Wildman–Crippen MR) is 76.4 cm³/mol. The number of carbonyl (C=O) groups is 1. The lowest BCUT2D eigenvalue weighted by Gasteiger charge is -2.19. The summed E-state index contributed by atoms with van der Waals surface area (Å²) in [7, 11) is 1.59. The molecule has 0 bridgehead atoms. The van der Waals surface area contributed by atoms with Gasteiger partial charge in [0.15, 0.2) is 5.82 Å². The average molecular weight is 310 g/mol. The van der Waals surface area contributed by atoms with Gasteiger partial charge >= 0.3 is 5.97 Å². The van der Waals surface area contributed by atoms with Crippen LogP contribution in [0.5, 0.6) is 0 Å². The van der Waals surface area contributed by atoms with Crippen LogP contribution in [0, 0.1) is 15.9 Å². The first kappa shape index (κ1) is 14.9. The molecule has 0 aliphatic heterocycles. The second-order valence-electron chi connectivity index (χ2n) is 4.37. The van der Waals surface area contributed by atoms with E-state index in [0.717, 1.165) is 11.6 Å². The molecule has 1 aromatic carbocycles. The Bertz CT molecular complexity index is 688. The summed E-state index contributed by atoms with van der Waals surface area (Å²) in [4.78, 5) is 22.5. The van der Waals surface area contributed by atoms with Gasteiger partial charge in [-0.05, 0) is 28.5 Å². The fraction of sp³-hybridized carbons (Fsp3) is 0.154. The van der Waals surface area contributed by atoms with Crippen LogP contribution in [0.2, 0.25) is 0 Å². The first-order valence-corrected chi connectivity index (χ1v) is 6.78. The van der Waals surface area contributed by atoms with Crippen molar-refractivity contribution in [2.75, 3.05) is 11.9 Å². The lowest BCUT2D eigenvalue weighted by Crippen LogP contribution is -2.18. The van der Waals surface area contributed by atoms with Crippen LogP contribution in [0.4, 0.5) is 15.8 Å². The van der Waals surface area contributed by atoms with Gasteiger partial charge in [0, 0.05) is 13.6 Å². The van der Waals surface area contributed by atoms with E-state index in [1.807, 2.05) is 16.8 Å². The molecule has 2 aromatic rings. The maximum Gasteiger partial charge on any atom is 0.342 e. The van der Waals surface area contributed by atoms with Crippen LogP contribution in [0.25, 0.3) is 0 Å². The third kappa shape index (κ3) is 3.16. The van der Waals surface area contributed by atoms with Crippen molar-refractivity contribution in [3.05, 3.63) is 56.0 Å². The molecule has 0 aliphatic carbocycles. The molecule has 0 radical (unpaired) electrons. The highest BCUT2D eigenvalue weighted by molar-refractivity contribution is 7.07. The molecular weight excluding hydrogens is 299 g/mol. The number of aromatic carboxylic acids is 1. The summed E-state index contributed by atoms with van der Waals surface area (Å²) >= 11 is 1.49. The molecule has 0 atom stereocenters. The molecular formula is C13H11FN2O4S. The van der Waals surface area contributed by atoms with E-state index in [9.17, 15) is 19.3 Å². The molecule has 1 heterocycles. The summed E-state index contributed by atoms with van der Waals surface area (Å²) in [6, 6.07) is 3.49. The van der Waals surface area contributed by atoms with Crippen molar-refractivity contribution in [2.45, 2.75) is 6.54 Å². The Balaban J connectivity index is 2.41. The number of nitro groups is 1. The zero-order valence-corrected chi connectivity index (χ0v) is 11.8. The van der Waals surface area contributed by atoms with E-state index in [1.54, 1.807) is 7.05 Å². The van der Waals surface area contributed by atoms with Gasteiger partial charge in [-0.3, -0.25) is 10.1 Å². The normalized spacial score (nSPS) is 10.4. The van der Waals surface area contributed by atoms with Gasteiger partial charge in [0.25, 0.3) is 5.69 Å². The van der Waals surface area contributed by atoms with Gasteiger partial charge in [-0.2, -0.15) is 11.3 Å². The number of halogens is 1. The van der Waals surface area contributed by atoms with Crippen molar-refractivity contribution in [3.8, 4) is 0 Å². The fourth-order valence-corrected chi connectivity index (χ4v) is 2.57. The van der Waals surface area contributed by atoms with Crippen molar-refractivity contribution in [2.24, 2.45) is 0 Å². The number of nitro benzene ring substituents is 1. The van der Waals surface area contributed by atoms with Gasteiger partial charge in [0.05, 0.1) is 16.7 Å². The van der Waals surface area contributed by atoms with Crippen molar-refractivity contribution in [1.82, 2.24) is 0 Å². The number of hydrogen-bond acceptors (Lipinski definition) is 5. The monoisotopic (exact) mass is 310 g/mol. The van der Waals surface area contributed by atoms with E-state index in [0.29, 0.717) is 12.6 Å². The number of carboxylic acids is 1. The van der Waals surface area contributed by atoms with Crippen molar-refractivity contribution in [3.63, 3.8) is 0 Å². The van der Waals surface area contributed by atoms with Crippen LogP contribution in [-0.2, 0) is 6.54 Å². The third-order valence-electron chi connectivity index (χ3n) is 2.90. The Kier molecular flexibility index (Phi) is 4.18. The summed E-state index contributed by atoms with van der Waals surface area (Å²) < 4.78 is 14.0. The van der Waals surface area contributed by atoms with E-state index in [1.165, 1.54) is 16.2 Å². The maximum absolute atomic E-state index is 14.0. The molecule has 8 heteroatoms. The number of hydrogen-bond donors (Lipinski definition) is 1. The lowest BCUT2D eigenvalue weighted by atomic mass is 10.1. The average Bonchev–Trinajstić information content (AvgIpc) is 2.90. The van der Waals surface area contributed by atoms with Gasteiger partial charge in [-0.1, -0.05) is 0 Å². The van der Waals surface area contributed by atoms with Crippen molar-refractivity contribution < 1.29 is 19.2 Å². The lowest BCUT2D eigenvalue weighted by molar-refractivity contribution is -0.385. The second-order valence-corrected chi connectivity index (χ2v) is 5.15. The smallest absolute Gasteiger partial charge is 0.342 e. The second kappa shape index (κ2) is 5.88. The zero-order chi connectivity index (χ0) is 15.6. The molecule has 6 nitrogen and oxygen atoms in total. The molecule has 110 valence electrons. The third-order valence-corrected chi connectivity index (χ3v) is 3.64. The van der Waals surface area contributed by atoms with Crippen LogP contribution in [0.1, 0.15) is 15.9 Å². The number of thiophene rings is 1. The first-order chi connectivity index (χ1) is 9.90. The minimum absolute atomic E-state index is 0.00389. The molecule has 0 fully saturated rings. The SMILES string of the molecule is CN(Cc1ccsc1)c1cc(C(=O)O)c([N+](=O)[O-])cc1F. The number of rotatable bonds is 5. The summed E-state index contributed by atoms with van der Waals surface area (Å²) in [6.45, 7) is 0.372. The van der Waals surface area contributed by atoms with Gasteiger partial charge in [0.1, 0.15) is 5.56 Å². The van der Waals surface area contributed by atoms with Gasteiger partial charge in [-0.15, -0.1) is 0 Å². The van der Waals surface area contributed by atoms with E-state index < -0.39 is 28.0 Å². The molecule has 0 amide bonds. The Morgan fingerprint density at radius 1 is 1.52 bits per heavy atom. The predicted octanol–water partition coefficient (Wildman–Crippen LogP) is 3.13. The minimum atomic E-state index is -1.47. The Labute approximate surface area is 123 Å². The molecule has 0 saturated heterocycles. The largest absolute Gasteiger partial charge is 0.477 e. The molecule has 21 heavy (non-hydrogen) atoms. The van der Waals surface area contributed by atoms with E-state index in [4.69, 9.17) is 5.11 Å². The van der Waals surface area contributed by atoms with Crippen LogP contribution >= 0.6 is 11.3 Å². The fourth-order valence-electron chi connectivity index (χ4n) is 1.91. The van der Waals surface area contributed by atoms with Gasteiger partial charge in [0.2, 0.25) is 0 Å². The number of carboxylic acid groups (broad SMARTS) is 1. The molecule has 0 spiro atoms. The topological polar surface area (TPSA) is 83.7 Å². The summed E-state index contributed by atoms with van der Waals surface area (Å²) in [5, 5.41) is 23.6. The van der Waals surface area contributed by atoms with Crippen molar-refractivity contribution in [1.29, 1.82) is 0 Å². The Hall–Kier alpha value is -2.48. The first-order valence-electron chi connectivity index (χ1n) is 5.83. The number of benzene rings is 1. The highest BCUT2D eigenvalue weighted by atomic mass is 32.1. The maximum atomic E-state index is 14.0.